The topological polar surface area (TPSA) is 93.4 Å². The van der Waals surface area contributed by atoms with Gasteiger partial charge < -0.3 is 5.32 Å². The molecule has 8 heteroatoms. The number of hydrogen-bond donors (Lipinski definition) is 1. The molecular weight excluding hydrogens is 400 g/mol. The van der Waals surface area contributed by atoms with E-state index >= 15 is 0 Å². The summed E-state index contributed by atoms with van der Waals surface area (Å²) in [7, 11) is -3.59. The fourth-order valence-electron chi connectivity index (χ4n) is 3.19. The van der Waals surface area contributed by atoms with Crippen LogP contribution in [0.3, 0.4) is 0 Å². The number of nitrogens with one attached hydrogen (secondary N) is 1. The molecule has 0 spiro atoms. The predicted molar refractivity (Wildman–Crippen MR) is 112 cm³/mol. The van der Waals surface area contributed by atoms with Crippen molar-refractivity contribution in [2.45, 2.75) is 29.7 Å². The summed E-state index contributed by atoms with van der Waals surface area (Å²) in [4.78, 5) is 21.1. The van der Waals surface area contributed by atoms with Crippen LogP contribution in [0.4, 0.5) is 0 Å². The highest BCUT2D eigenvalue weighted by molar-refractivity contribution is 7.91. The lowest BCUT2D eigenvalue weighted by Gasteiger charge is -2.10. The van der Waals surface area contributed by atoms with Crippen LogP contribution in [0.25, 0.3) is 5.78 Å². The van der Waals surface area contributed by atoms with E-state index in [9.17, 15) is 13.2 Å². The predicted octanol–water partition coefficient (Wildman–Crippen LogP) is 3.05. The third-order valence-corrected chi connectivity index (χ3v) is 6.71. The number of carbonyl (C=O) groups excluding carboxylic acids is 1. The lowest BCUT2D eigenvalue weighted by molar-refractivity contribution is 0.0950. The first-order valence-electron chi connectivity index (χ1n) is 9.48. The maximum atomic E-state index is 13.0. The maximum absolute atomic E-state index is 13.0. The number of rotatable bonds is 6. The molecule has 30 heavy (non-hydrogen) atoms. The Labute approximate surface area is 174 Å². The zero-order chi connectivity index (χ0) is 21.1. The molecule has 0 aliphatic carbocycles. The van der Waals surface area contributed by atoms with Gasteiger partial charge in [0.25, 0.3) is 5.91 Å². The van der Waals surface area contributed by atoms with E-state index < -0.39 is 9.84 Å². The lowest BCUT2D eigenvalue weighted by Crippen LogP contribution is -2.23. The first kappa shape index (κ1) is 19.8. The first-order chi connectivity index (χ1) is 14.5. The summed E-state index contributed by atoms with van der Waals surface area (Å²) >= 11 is 0. The number of carbonyl (C=O) groups is 1. The Morgan fingerprint density at radius 2 is 1.83 bits per heavy atom. The molecule has 4 rings (SSSR count). The van der Waals surface area contributed by atoms with Gasteiger partial charge >= 0.3 is 0 Å². The van der Waals surface area contributed by atoms with E-state index in [2.05, 4.69) is 15.3 Å². The molecule has 0 saturated carbocycles. The molecule has 0 bridgehead atoms. The Morgan fingerprint density at radius 1 is 1.07 bits per heavy atom. The van der Waals surface area contributed by atoms with E-state index in [4.69, 9.17) is 0 Å². The molecule has 2 heterocycles. The molecule has 0 radical (unpaired) electrons. The van der Waals surface area contributed by atoms with Crippen molar-refractivity contribution in [1.29, 1.82) is 0 Å². The quantitative estimate of drug-likeness (QED) is 0.517. The van der Waals surface area contributed by atoms with E-state index in [0.717, 1.165) is 11.1 Å². The summed E-state index contributed by atoms with van der Waals surface area (Å²) in [5.74, 6) is 0.250. The second-order valence-corrected chi connectivity index (χ2v) is 8.69. The molecule has 0 aliphatic rings. The molecule has 0 fully saturated rings. The van der Waals surface area contributed by atoms with Crippen molar-refractivity contribution in [1.82, 2.24) is 19.7 Å². The minimum absolute atomic E-state index is 0.230. The lowest BCUT2D eigenvalue weighted by atomic mass is 10.2. The van der Waals surface area contributed by atoms with Crippen molar-refractivity contribution in [2.75, 3.05) is 0 Å². The monoisotopic (exact) mass is 420 g/mol. The van der Waals surface area contributed by atoms with E-state index in [1.165, 1.54) is 6.20 Å². The van der Waals surface area contributed by atoms with E-state index in [0.29, 0.717) is 22.7 Å². The Morgan fingerprint density at radius 3 is 2.60 bits per heavy atom. The standard InChI is InChI=1S/C22H20N4O3S/c1-2-17-5-3-4-6-20(17)30(28,29)19-9-7-16(8-10-19)13-24-21(27)18-14-25-22-23-11-12-26(22)15-18/h3-12,14-15H,2,13H2,1H3,(H,24,27). The molecule has 152 valence electrons. The molecule has 2 aromatic carbocycles. The van der Waals surface area contributed by atoms with Crippen molar-refractivity contribution in [2.24, 2.45) is 0 Å². The smallest absolute Gasteiger partial charge is 0.254 e. The van der Waals surface area contributed by atoms with Gasteiger partial charge in [0, 0.05) is 31.3 Å². The minimum atomic E-state index is -3.59. The molecule has 0 aliphatic heterocycles. The molecular formula is C22H20N4O3S. The summed E-state index contributed by atoms with van der Waals surface area (Å²) < 4.78 is 27.6. The molecule has 1 N–H and O–H groups in total. The van der Waals surface area contributed by atoms with Crippen LogP contribution < -0.4 is 5.32 Å². The fraction of sp³-hybridized carbons (Fsp3) is 0.136. The summed E-state index contributed by atoms with van der Waals surface area (Å²) in [5.41, 5.74) is 2.00. The van der Waals surface area contributed by atoms with Gasteiger partial charge in [0.1, 0.15) is 0 Å². The number of imidazole rings is 1. The summed E-state index contributed by atoms with van der Waals surface area (Å²) in [6.45, 7) is 2.20. The summed E-state index contributed by atoms with van der Waals surface area (Å²) in [5, 5.41) is 2.82. The Kier molecular flexibility index (Phi) is 5.33. The van der Waals surface area contributed by atoms with E-state index in [1.54, 1.807) is 59.4 Å². The number of fused-ring (bicyclic) bond motifs is 1. The van der Waals surface area contributed by atoms with Gasteiger partial charge in [-0.2, -0.15) is 0 Å². The number of nitrogens with zero attached hydrogens (tertiary/aromatic N) is 3. The van der Waals surface area contributed by atoms with Gasteiger partial charge in [-0.25, -0.2) is 18.4 Å². The van der Waals surface area contributed by atoms with Crippen molar-refractivity contribution < 1.29 is 13.2 Å². The highest BCUT2D eigenvalue weighted by atomic mass is 32.2. The molecule has 0 atom stereocenters. The second kappa shape index (κ2) is 8.08. The van der Waals surface area contributed by atoms with E-state index in [-0.39, 0.29) is 17.3 Å². The van der Waals surface area contributed by atoms with Crippen LogP contribution >= 0.6 is 0 Å². The van der Waals surface area contributed by atoms with Crippen molar-refractivity contribution >= 4 is 21.5 Å². The molecule has 2 aromatic heterocycles. The van der Waals surface area contributed by atoms with Gasteiger partial charge in [0.15, 0.2) is 0 Å². The number of sulfone groups is 1. The summed E-state index contributed by atoms with van der Waals surface area (Å²) in [6, 6.07) is 13.6. The minimum Gasteiger partial charge on any atom is -0.348 e. The second-order valence-electron chi connectivity index (χ2n) is 6.77. The third kappa shape index (κ3) is 3.81. The maximum Gasteiger partial charge on any atom is 0.254 e. The molecule has 7 nitrogen and oxygen atoms in total. The molecule has 1 amide bonds. The fourth-order valence-corrected chi connectivity index (χ4v) is 4.75. The molecule has 0 saturated heterocycles. The van der Waals surface area contributed by atoms with Gasteiger partial charge in [-0.1, -0.05) is 37.3 Å². The molecule has 0 unspecified atom stereocenters. The van der Waals surface area contributed by atoms with Crippen LogP contribution in [0.1, 0.15) is 28.4 Å². The zero-order valence-corrected chi connectivity index (χ0v) is 17.1. The number of aromatic nitrogens is 3. The first-order valence-corrected chi connectivity index (χ1v) is 11.0. The van der Waals surface area contributed by atoms with Crippen LogP contribution in [-0.4, -0.2) is 28.7 Å². The Hall–Kier alpha value is -3.52. The van der Waals surface area contributed by atoms with E-state index in [1.807, 2.05) is 19.1 Å². The highest BCUT2D eigenvalue weighted by Gasteiger charge is 2.20. The highest BCUT2D eigenvalue weighted by Crippen LogP contribution is 2.24. The summed E-state index contributed by atoms with van der Waals surface area (Å²) in [6.07, 6.45) is 7.09. The van der Waals surface area contributed by atoms with Crippen molar-refractivity contribution in [3.8, 4) is 0 Å². The van der Waals surface area contributed by atoms with Crippen LogP contribution in [0.5, 0.6) is 0 Å². The Balaban J connectivity index is 1.47. The van der Waals surface area contributed by atoms with Gasteiger partial charge in [0.05, 0.1) is 15.4 Å². The Bertz CT molecular complexity index is 1310. The van der Waals surface area contributed by atoms with Gasteiger partial charge in [-0.3, -0.25) is 9.20 Å². The number of aryl methyl sites for hydroxylation is 1. The normalized spacial score (nSPS) is 11.5. The van der Waals surface area contributed by atoms with Gasteiger partial charge in [-0.05, 0) is 35.7 Å². The van der Waals surface area contributed by atoms with Crippen LogP contribution in [0.15, 0.2) is 83.1 Å². The SMILES string of the molecule is CCc1ccccc1S(=O)(=O)c1ccc(CNC(=O)c2cnc3nccn3c2)cc1. The van der Waals surface area contributed by atoms with Crippen LogP contribution in [-0.2, 0) is 22.8 Å². The van der Waals surface area contributed by atoms with Crippen molar-refractivity contribution in [3.05, 3.63) is 90.0 Å². The number of hydrogen-bond acceptors (Lipinski definition) is 5. The molecule has 4 aromatic rings. The zero-order valence-electron chi connectivity index (χ0n) is 16.3. The van der Waals surface area contributed by atoms with Gasteiger partial charge in [-0.15, -0.1) is 0 Å². The van der Waals surface area contributed by atoms with Crippen LogP contribution in [0.2, 0.25) is 0 Å². The van der Waals surface area contributed by atoms with Crippen LogP contribution in [0, 0.1) is 0 Å². The number of amides is 1. The van der Waals surface area contributed by atoms with Crippen molar-refractivity contribution in [3.63, 3.8) is 0 Å². The van der Waals surface area contributed by atoms with Gasteiger partial charge in [0.2, 0.25) is 15.6 Å². The largest absolute Gasteiger partial charge is 0.348 e. The average Bonchev–Trinajstić information content (AvgIpc) is 3.25. The number of benzene rings is 2. The third-order valence-electron chi connectivity index (χ3n) is 4.84. The average molecular weight is 420 g/mol.